The van der Waals surface area contributed by atoms with Crippen LogP contribution in [0.1, 0.15) is 11.1 Å². The Balaban J connectivity index is 1.72. The van der Waals surface area contributed by atoms with Gasteiger partial charge in [-0.15, -0.1) is 0 Å². The Hall–Kier alpha value is -3.80. The van der Waals surface area contributed by atoms with Crippen molar-refractivity contribution in [3.63, 3.8) is 0 Å². The number of benzene rings is 3. The van der Waals surface area contributed by atoms with Crippen molar-refractivity contribution >= 4 is 56.8 Å². The normalized spacial score (nSPS) is 10.8. The highest BCUT2D eigenvalue weighted by molar-refractivity contribution is 9.10. The fourth-order valence-corrected chi connectivity index (χ4v) is 3.68. The third-order valence-corrected chi connectivity index (χ3v) is 5.55. The third-order valence-electron chi connectivity index (χ3n) is 4.71. The molecule has 0 radical (unpaired) electrons. The van der Waals surface area contributed by atoms with Crippen molar-refractivity contribution in [3.8, 4) is 17.6 Å². The van der Waals surface area contributed by atoms with Gasteiger partial charge in [-0.05, 0) is 83.0 Å². The molecule has 0 fully saturated rings. The Kier molecular flexibility index (Phi) is 8.90. The van der Waals surface area contributed by atoms with E-state index >= 15 is 0 Å². The Morgan fingerprint density at radius 1 is 1.06 bits per heavy atom. The Morgan fingerprint density at radius 2 is 1.69 bits per heavy atom. The summed E-state index contributed by atoms with van der Waals surface area (Å²) in [6, 6.07) is 19.1. The van der Waals surface area contributed by atoms with E-state index in [1.54, 1.807) is 48.5 Å². The number of nitriles is 1. The van der Waals surface area contributed by atoms with Gasteiger partial charge in [0.1, 0.15) is 11.6 Å². The molecule has 0 heterocycles. The summed E-state index contributed by atoms with van der Waals surface area (Å²) in [5.74, 6) is -0.271. The third kappa shape index (κ3) is 7.34. The molecule has 3 aromatic rings. The van der Waals surface area contributed by atoms with Crippen molar-refractivity contribution in [3.05, 3.63) is 86.9 Å². The second kappa shape index (κ2) is 12.1. The van der Waals surface area contributed by atoms with Crippen molar-refractivity contribution in [2.24, 2.45) is 0 Å². The van der Waals surface area contributed by atoms with E-state index in [1.165, 1.54) is 13.2 Å². The van der Waals surface area contributed by atoms with Gasteiger partial charge < -0.3 is 20.1 Å². The van der Waals surface area contributed by atoms with E-state index in [2.05, 4.69) is 26.6 Å². The van der Waals surface area contributed by atoms with Crippen LogP contribution in [0.3, 0.4) is 0 Å². The number of rotatable bonds is 8. The standard InChI is InChI=1S/C26H21BrClN3O4/c1-16-3-7-20(8-4-16)30-24(32)15-35-25-22(27)12-17(13-23(25)34-2)11-18(14-29)26(33)31-21-9-5-19(28)6-10-21/h3-13H,15H2,1-2H3,(H,30,32)(H,31,33)/b18-11+. The number of aryl methyl sites for hydroxylation is 1. The van der Waals surface area contributed by atoms with Gasteiger partial charge in [-0.3, -0.25) is 9.59 Å². The second-order valence-corrected chi connectivity index (χ2v) is 8.66. The number of hydrogen-bond acceptors (Lipinski definition) is 5. The average molecular weight is 555 g/mol. The summed E-state index contributed by atoms with van der Waals surface area (Å²) in [7, 11) is 1.45. The molecule has 0 bridgehead atoms. The zero-order chi connectivity index (χ0) is 25.4. The van der Waals surface area contributed by atoms with Crippen LogP contribution in [-0.2, 0) is 9.59 Å². The molecule has 9 heteroatoms. The number of ether oxygens (including phenoxy) is 2. The first-order chi connectivity index (χ1) is 16.8. The van der Waals surface area contributed by atoms with Gasteiger partial charge in [0.25, 0.3) is 11.8 Å². The number of nitrogens with zero attached hydrogens (tertiary/aromatic N) is 1. The van der Waals surface area contributed by atoms with Crippen molar-refractivity contribution in [1.29, 1.82) is 5.26 Å². The number of halogens is 2. The van der Waals surface area contributed by atoms with E-state index < -0.39 is 5.91 Å². The van der Waals surface area contributed by atoms with Gasteiger partial charge in [0.2, 0.25) is 0 Å². The van der Waals surface area contributed by atoms with Crippen LogP contribution in [0.25, 0.3) is 6.08 Å². The van der Waals surface area contributed by atoms with Gasteiger partial charge in [-0.2, -0.15) is 5.26 Å². The van der Waals surface area contributed by atoms with Crippen LogP contribution in [0, 0.1) is 18.3 Å². The first-order valence-corrected chi connectivity index (χ1v) is 11.5. The minimum Gasteiger partial charge on any atom is -0.493 e. The Labute approximate surface area is 216 Å². The van der Waals surface area contributed by atoms with Crippen molar-refractivity contribution in [2.45, 2.75) is 6.92 Å². The van der Waals surface area contributed by atoms with Crippen LogP contribution in [0.2, 0.25) is 5.02 Å². The van der Waals surface area contributed by atoms with Crippen LogP contribution in [0.5, 0.6) is 11.5 Å². The summed E-state index contributed by atoms with van der Waals surface area (Å²) in [5.41, 5.74) is 2.67. The number of carbonyl (C=O) groups is 2. The second-order valence-electron chi connectivity index (χ2n) is 7.37. The van der Waals surface area contributed by atoms with Crippen molar-refractivity contribution in [1.82, 2.24) is 0 Å². The molecule has 0 aliphatic carbocycles. The molecule has 35 heavy (non-hydrogen) atoms. The van der Waals surface area contributed by atoms with Crippen molar-refractivity contribution < 1.29 is 19.1 Å². The van der Waals surface area contributed by atoms with Gasteiger partial charge in [-0.1, -0.05) is 29.3 Å². The lowest BCUT2D eigenvalue weighted by Gasteiger charge is -2.14. The lowest BCUT2D eigenvalue weighted by atomic mass is 10.1. The molecular formula is C26H21BrClN3O4. The monoisotopic (exact) mass is 553 g/mol. The summed E-state index contributed by atoms with van der Waals surface area (Å²) in [6.07, 6.45) is 1.42. The van der Waals surface area contributed by atoms with Crippen LogP contribution < -0.4 is 20.1 Å². The van der Waals surface area contributed by atoms with E-state index in [9.17, 15) is 14.9 Å². The highest BCUT2D eigenvalue weighted by atomic mass is 79.9. The zero-order valence-corrected chi connectivity index (χ0v) is 21.2. The minimum atomic E-state index is -0.571. The highest BCUT2D eigenvalue weighted by Crippen LogP contribution is 2.37. The summed E-state index contributed by atoms with van der Waals surface area (Å²) in [6.45, 7) is 1.72. The summed E-state index contributed by atoms with van der Waals surface area (Å²) >= 11 is 9.27. The van der Waals surface area contributed by atoms with Gasteiger partial charge in [0, 0.05) is 16.4 Å². The van der Waals surface area contributed by atoms with Crippen LogP contribution >= 0.6 is 27.5 Å². The summed E-state index contributed by atoms with van der Waals surface area (Å²) in [4.78, 5) is 24.8. The molecule has 0 aliphatic heterocycles. The summed E-state index contributed by atoms with van der Waals surface area (Å²) in [5, 5.41) is 15.4. The maximum absolute atomic E-state index is 12.5. The molecule has 7 nitrogen and oxygen atoms in total. The van der Waals surface area contributed by atoms with Crippen molar-refractivity contribution in [2.75, 3.05) is 24.4 Å². The molecule has 2 N–H and O–H groups in total. The first-order valence-electron chi connectivity index (χ1n) is 10.3. The van der Waals surface area contributed by atoms with E-state index in [-0.39, 0.29) is 18.1 Å². The van der Waals surface area contributed by atoms with Crippen LogP contribution in [0.15, 0.2) is 70.7 Å². The zero-order valence-electron chi connectivity index (χ0n) is 18.9. The summed E-state index contributed by atoms with van der Waals surface area (Å²) < 4.78 is 11.6. The fourth-order valence-electron chi connectivity index (χ4n) is 2.98. The maximum atomic E-state index is 12.5. The lowest BCUT2D eigenvalue weighted by Crippen LogP contribution is -2.20. The molecule has 0 saturated carbocycles. The Bertz CT molecular complexity index is 1300. The molecule has 3 aromatic carbocycles. The van der Waals surface area contributed by atoms with Gasteiger partial charge >= 0.3 is 0 Å². The van der Waals surface area contributed by atoms with Gasteiger partial charge in [0.05, 0.1) is 11.6 Å². The number of nitrogens with one attached hydrogen (secondary N) is 2. The fraction of sp³-hybridized carbons (Fsp3) is 0.115. The molecule has 0 spiro atoms. The van der Waals surface area contributed by atoms with Crippen LogP contribution in [-0.4, -0.2) is 25.5 Å². The van der Waals surface area contributed by atoms with E-state index in [0.29, 0.717) is 37.9 Å². The molecule has 0 aliphatic rings. The quantitative estimate of drug-likeness (QED) is 0.263. The van der Waals surface area contributed by atoms with E-state index in [1.807, 2.05) is 25.1 Å². The predicted octanol–water partition coefficient (Wildman–Crippen LogP) is 5.98. The molecular weight excluding hydrogens is 534 g/mol. The number of hydrogen-bond donors (Lipinski definition) is 2. The van der Waals surface area contributed by atoms with Crippen LogP contribution in [0.4, 0.5) is 11.4 Å². The Morgan fingerprint density at radius 3 is 2.31 bits per heavy atom. The molecule has 0 saturated heterocycles. The molecule has 3 rings (SSSR count). The molecule has 0 unspecified atom stereocenters. The smallest absolute Gasteiger partial charge is 0.266 e. The van der Waals surface area contributed by atoms with E-state index in [4.69, 9.17) is 21.1 Å². The minimum absolute atomic E-state index is 0.111. The molecule has 0 aromatic heterocycles. The molecule has 0 atom stereocenters. The van der Waals surface area contributed by atoms with E-state index in [0.717, 1.165) is 5.56 Å². The maximum Gasteiger partial charge on any atom is 0.266 e. The topological polar surface area (TPSA) is 100 Å². The number of anilines is 2. The number of methoxy groups -OCH3 is 1. The average Bonchev–Trinajstić information content (AvgIpc) is 2.84. The number of carbonyl (C=O) groups excluding carboxylic acids is 2. The van der Waals surface area contributed by atoms with Gasteiger partial charge in [0.15, 0.2) is 18.1 Å². The molecule has 178 valence electrons. The SMILES string of the molecule is COc1cc(/C=C(\C#N)C(=O)Nc2ccc(Cl)cc2)cc(Br)c1OCC(=O)Nc1ccc(C)cc1. The first kappa shape index (κ1) is 25.8. The predicted molar refractivity (Wildman–Crippen MR) is 140 cm³/mol. The number of amides is 2. The van der Waals surface area contributed by atoms with Gasteiger partial charge in [-0.25, -0.2) is 0 Å². The molecule has 2 amide bonds. The highest BCUT2D eigenvalue weighted by Gasteiger charge is 2.15. The lowest BCUT2D eigenvalue weighted by molar-refractivity contribution is -0.118. The largest absolute Gasteiger partial charge is 0.493 e.